The highest BCUT2D eigenvalue weighted by Gasteiger charge is 2.23. The molecule has 2 aromatic rings. The Hall–Kier alpha value is -1.84. The molecule has 2 rings (SSSR count). The smallest absolute Gasteiger partial charge is 0.119 e. The van der Waals surface area contributed by atoms with Crippen molar-refractivity contribution in [3.05, 3.63) is 65.7 Å². The van der Waals surface area contributed by atoms with Crippen molar-refractivity contribution < 1.29 is 9.84 Å². The van der Waals surface area contributed by atoms with Gasteiger partial charge in [0.15, 0.2) is 0 Å². The van der Waals surface area contributed by atoms with Gasteiger partial charge >= 0.3 is 0 Å². The Morgan fingerprint density at radius 3 is 2.43 bits per heavy atom. The van der Waals surface area contributed by atoms with Crippen molar-refractivity contribution in [1.29, 1.82) is 0 Å². The van der Waals surface area contributed by atoms with Crippen LogP contribution in [0.2, 0.25) is 0 Å². The standard InChI is InChI=1S/C18H23NO2/c1-3-19-13-17(20)18(14-8-5-4-6-9-14)15-10-7-11-16(12-15)21-2/h4-12,17-20H,3,13H2,1-2H3. The predicted octanol–water partition coefficient (Wildman–Crippen LogP) is 2.80. The highest BCUT2D eigenvalue weighted by Crippen LogP contribution is 2.30. The van der Waals surface area contributed by atoms with Crippen LogP contribution >= 0.6 is 0 Å². The second-order valence-corrected chi connectivity index (χ2v) is 5.04. The zero-order valence-electron chi connectivity index (χ0n) is 12.6. The van der Waals surface area contributed by atoms with Crippen LogP contribution in [0.1, 0.15) is 24.0 Å². The number of benzene rings is 2. The van der Waals surface area contributed by atoms with E-state index < -0.39 is 6.10 Å². The molecule has 2 N–H and O–H groups in total. The minimum absolute atomic E-state index is 0.0691. The summed E-state index contributed by atoms with van der Waals surface area (Å²) in [7, 11) is 1.66. The average Bonchev–Trinajstić information content (AvgIpc) is 2.54. The van der Waals surface area contributed by atoms with Crippen molar-refractivity contribution in [2.24, 2.45) is 0 Å². The van der Waals surface area contributed by atoms with E-state index in [9.17, 15) is 5.11 Å². The SMILES string of the molecule is CCNCC(O)C(c1ccccc1)c1cccc(OC)c1. The van der Waals surface area contributed by atoms with Gasteiger partial charge in [-0.15, -0.1) is 0 Å². The third kappa shape index (κ3) is 4.06. The largest absolute Gasteiger partial charge is 0.497 e. The minimum Gasteiger partial charge on any atom is -0.497 e. The van der Waals surface area contributed by atoms with E-state index in [-0.39, 0.29) is 5.92 Å². The number of ether oxygens (including phenoxy) is 1. The van der Waals surface area contributed by atoms with Crippen LogP contribution in [0, 0.1) is 0 Å². The van der Waals surface area contributed by atoms with Crippen molar-refractivity contribution in [2.45, 2.75) is 18.9 Å². The first-order valence-electron chi connectivity index (χ1n) is 7.34. The third-order valence-electron chi connectivity index (χ3n) is 3.60. The normalized spacial score (nSPS) is 13.7. The van der Waals surface area contributed by atoms with Gasteiger partial charge in [-0.25, -0.2) is 0 Å². The monoisotopic (exact) mass is 285 g/mol. The maximum atomic E-state index is 10.6. The van der Waals surface area contributed by atoms with Crippen LogP contribution in [0.3, 0.4) is 0 Å². The Bertz CT molecular complexity index is 542. The van der Waals surface area contributed by atoms with Crippen LogP contribution < -0.4 is 10.1 Å². The molecule has 0 fully saturated rings. The summed E-state index contributed by atoms with van der Waals surface area (Å²) in [5.74, 6) is 0.740. The molecule has 2 atom stereocenters. The predicted molar refractivity (Wildman–Crippen MR) is 85.8 cm³/mol. The molecule has 2 unspecified atom stereocenters. The van der Waals surface area contributed by atoms with Crippen LogP contribution in [-0.2, 0) is 0 Å². The van der Waals surface area contributed by atoms with Crippen LogP contribution in [0.15, 0.2) is 54.6 Å². The molecule has 0 aromatic heterocycles. The Balaban J connectivity index is 2.35. The summed E-state index contributed by atoms with van der Waals surface area (Å²) in [6, 6.07) is 18.0. The van der Waals surface area contributed by atoms with E-state index in [0.29, 0.717) is 6.54 Å². The maximum Gasteiger partial charge on any atom is 0.119 e. The quantitative estimate of drug-likeness (QED) is 0.822. The molecule has 3 nitrogen and oxygen atoms in total. The maximum absolute atomic E-state index is 10.6. The number of nitrogens with one attached hydrogen (secondary N) is 1. The van der Waals surface area contributed by atoms with Gasteiger partial charge in [0.25, 0.3) is 0 Å². The summed E-state index contributed by atoms with van der Waals surface area (Å²) in [5, 5.41) is 13.8. The molecule has 2 aromatic carbocycles. The number of hydrogen-bond acceptors (Lipinski definition) is 3. The van der Waals surface area contributed by atoms with Crippen LogP contribution in [0.4, 0.5) is 0 Å². The lowest BCUT2D eigenvalue weighted by atomic mass is 9.86. The molecule has 0 radical (unpaired) electrons. The molecule has 0 aliphatic rings. The lowest BCUT2D eigenvalue weighted by Crippen LogP contribution is -2.32. The molecule has 3 heteroatoms. The summed E-state index contributed by atoms with van der Waals surface area (Å²) in [6.07, 6.45) is -0.487. The van der Waals surface area contributed by atoms with Crippen molar-refractivity contribution >= 4 is 0 Å². The molecule has 0 aliphatic carbocycles. The fraction of sp³-hybridized carbons (Fsp3) is 0.333. The fourth-order valence-corrected chi connectivity index (χ4v) is 2.54. The van der Waals surface area contributed by atoms with Crippen molar-refractivity contribution in [3.63, 3.8) is 0 Å². The lowest BCUT2D eigenvalue weighted by molar-refractivity contribution is 0.154. The molecule has 0 heterocycles. The summed E-state index contributed by atoms with van der Waals surface area (Å²) in [6.45, 7) is 3.44. The van der Waals surface area contributed by atoms with E-state index in [2.05, 4.69) is 17.4 Å². The van der Waals surface area contributed by atoms with Gasteiger partial charge in [0.05, 0.1) is 13.2 Å². The fourth-order valence-electron chi connectivity index (χ4n) is 2.54. The number of rotatable bonds is 7. The molecule has 0 aliphatic heterocycles. The van der Waals surface area contributed by atoms with E-state index in [4.69, 9.17) is 4.74 Å². The van der Waals surface area contributed by atoms with E-state index in [1.54, 1.807) is 7.11 Å². The topological polar surface area (TPSA) is 41.5 Å². The lowest BCUT2D eigenvalue weighted by Gasteiger charge is -2.24. The summed E-state index contributed by atoms with van der Waals surface area (Å²) in [5.41, 5.74) is 2.17. The van der Waals surface area contributed by atoms with Crippen molar-refractivity contribution in [1.82, 2.24) is 5.32 Å². The second-order valence-electron chi connectivity index (χ2n) is 5.04. The van der Waals surface area contributed by atoms with Gasteiger partial charge in [-0.1, -0.05) is 49.4 Å². The Morgan fingerprint density at radius 1 is 1.05 bits per heavy atom. The molecule has 0 saturated heterocycles. The van der Waals surface area contributed by atoms with Crippen LogP contribution in [0.25, 0.3) is 0 Å². The zero-order valence-corrected chi connectivity index (χ0v) is 12.6. The first kappa shape index (κ1) is 15.5. The van der Waals surface area contributed by atoms with Crippen molar-refractivity contribution in [3.8, 4) is 5.75 Å². The van der Waals surface area contributed by atoms with Gasteiger partial charge in [0.2, 0.25) is 0 Å². The molecular formula is C18H23NO2. The van der Waals surface area contributed by atoms with E-state index >= 15 is 0 Å². The van der Waals surface area contributed by atoms with E-state index in [1.807, 2.05) is 49.4 Å². The Labute approximate surface area is 126 Å². The van der Waals surface area contributed by atoms with Crippen LogP contribution in [0.5, 0.6) is 5.75 Å². The number of aliphatic hydroxyl groups excluding tert-OH is 1. The van der Waals surface area contributed by atoms with Gasteiger partial charge in [-0.05, 0) is 29.8 Å². The van der Waals surface area contributed by atoms with Gasteiger partial charge in [0.1, 0.15) is 5.75 Å². The number of aliphatic hydroxyl groups is 1. The Morgan fingerprint density at radius 2 is 1.76 bits per heavy atom. The summed E-state index contributed by atoms with van der Waals surface area (Å²) >= 11 is 0. The number of likely N-dealkylation sites (N-methyl/N-ethyl adjacent to an activating group) is 1. The second kappa shape index (κ2) is 7.81. The first-order valence-corrected chi connectivity index (χ1v) is 7.34. The Kier molecular flexibility index (Phi) is 5.78. The third-order valence-corrected chi connectivity index (χ3v) is 3.60. The number of hydrogen-bond donors (Lipinski definition) is 2. The van der Waals surface area contributed by atoms with Gasteiger partial charge in [-0.3, -0.25) is 0 Å². The van der Waals surface area contributed by atoms with Gasteiger partial charge in [0, 0.05) is 12.5 Å². The molecule has 0 spiro atoms. The average molecular weight is 285 g/mol. The summed E-state index contributed by atoms with van der Waals surface area (Å²) in [4.78, 5) is 0. The molecule has 0 amide bonds. The highest BCUT2D eigenvalue weighted by molar-refractivity contribution is 5.38. The molecule has 0 saturated carbocycles. The number of methoxy groups -OCH3 is 1. The van der Waals surface area contributed by atoms with Crippen molar-refractivity contribution in [2.75, 3.05) is 20.2 Å². The van der Waals surface area contributed by atoms with E-state index in [1.165, 1.54) is 0 Å². The minimum atomic E-state index is -0.487. The first-order chi connectivity index (χ1) is 10.3. The van der Waals surface area contributed by atoms with Gasteiger partial charge in [-0.2, -0.15) is 0 Å². The molecule has 0 bridgehead atoms. The van der Waals surface area contributed by atoms with E-state index in [0.717, 1.165) is 23.4 Å². The zero-order chi connectivity index (χ0) is 15.1. The van der Waals surface area contributed by atoms with Gasteiger partial charge < -0.3 is 15.2 Å². The molecule has 21 heavy (non-hydrogen) atoms. The summed E-state index contributed by atoms with van der Waals surface area (Å²) < 4.78 is 5.30. The van der Waals surface area contributed by atoms with Crippen LogP contribution in [-0.4, -0.2) is 31.4 Å². The highest BCUT2D eigenvalue weighted by atomic mass is 16.5. The molecule has 112 valence electrons. The molecular weight excluding hydrogens is 262 g/mol.